The lowest BCUT2D eigenvalue weighted by Gasteiger charge is -2.36. The van der Waals surface area contributed by atoms with Crippen LogP contribution in [0.15, 0.2) is 12.7 Å². The molecule has 0 aromatic heterocycles. The molecule has 2 heterocycles. The second-order valence-corrected chi connectivity index (χ2v) is 5.55. The minimum Gasteiger partial charge on any atom is -0.323 e. The molecule has 1 unspecified atom stereocenters. The monoisotopic (exact) mass is 276 g/mol. The third-order valence-corrected chi connectivity index (χ3v) is 4.02. The normalized spacial score (nSPS) is 23.5. The highest BCUT2D eigenvalue weighted by molar-refractivity contribution is 6.07. The van der Waals surface area contributed by atoms with Crippen LogP contribution in [0.25, 0.3) is 0 Å². The highest BCUT2D eigenvalue weighted by Gasteiger charge is 2.52. The van der Waals surface area contributed by atoms with Crippen LogP contribution in [0.3, 0.4) is 0 Å². The van der Waals surface area contributed by atoms with Gasteiger partial charge in [0.05, 0.1) is 12.0 Å². The Labute approximate surface area is 119 Å². The average Bonchev–Trinajstić information content (AvgIpc) is 2.66. The molecular weight excluding hydrogens is 256 g/mol. The predicted octanol–water partition coefficient (Wildman–Crippen LogP) is 0.718. The first-order valence-corrected chi connectivity index (χ1v) is 6.89. The van der Waals surface area contributed by atoms with E-state index in [0.717, 1.165) is 19.6 Å². The number of urea groups is 1. The maximum atomic E-state index is 12.5. The van der Waals surface area contributed by atoms with E-state index in [1.165, 1.54) is 4.90 Å². The van der Waals surface area contributed by atoms with Crippen LogP contribution < -0.4 is 5.32 Å². The van der Waals surface area contributed by atoms with Gasteiger partial charge in [0, 0.05) is 26.2 Å². The number of nitrogens with one attached hydrogen (secondary N) is 1. The van der Waals surface area contributed by atoms with Crippen molar-refractivity contribution in [3.8, 4) is 6.07 Å². The second kappa shape index (κ2) is 5.63. The molecular formula is C14H20N4O2. The fourth-order valence-corrected chi connectivity index (χ4v) is 2.80. The number of carbonyl (C=O) groups excluding carboxylic acids is 2. The van der Waals surface area contributed by atoms with Crippen molar-refractivity contribution >= 4 is 11.9 Å². The van der Waals surface area contributed by atoms with Gasteiger partial charge >= 0.3 is 6.03 Å². The van der Waals surface area contributed by atoms with E-state index in [1.54, 1.807) is 6.92 Å². The molecule has 108 valence electrons. The topological polar surface area (TPSA) is 76.4 Å². The molecule has 20 heavy (non-hydrogen) atoms. The van der Waals surface area contributed by atoms with E-state index in [-0.39, 0.29) is 24.4 Å². The number of carbonyl (C=O) groups is 2. The molecule has 2 rings (SSSR count). The van der Waals surface area contributed by atoms with Crippen molar-refractivity contribution < 1.29 is 9.59 Å². The summed E-state index contributed by atoms with van der Waals surface area (Å²) in [5, 5.41) is 11.7. The van der Waals surface area contributed by atoms with Gasteiger partial charge in [-0.25, -0.2) is 4.79 Å². The minimum atomic E-state index is -0.760. The second-order valence-electron chi connectivity index (χ2n) is 5.55. The van der Waals surface area contributed by atoms with Gasteiger partial charge in [0.15, 0.2) is 0 Å². The van der Waals surface area contributed by atoms with E-state index >= 15 is 0 Å². The van der Waals surface area contributed by atoms with Crippen LogP contribution in [0.2, 0.25) is 0 Å². The summed E-state index contributed by atoms with van der Waals surface area (Å²) in [4.78, 5) is 27.9. The maximum absolute atomic E-state index is 12.5. The fourth-order valence-electron chi connectivity index (χ4n) is 2.80. The number of hydrogen-bond acceptors (Lipinski definition) is 4. The van der Waals surface area contributed by atoms with Gasteiger partial charge in [-0.2, -0.15) is 5.26 Å². The Hall–Kier alpha value is -1.87. The van der Waals surface area contributed by atoms with Gasteiger partial charge in [-0.1, -0.05) is 6.08 Å². The lowest BCUT2D eigenvalue weighted by molar-refractivity contribution is -0.133. The third kappa shape index (κ3) is 2.54. The van der Waals surface area contributed by atoms with Crippen molar-refractivity contribution in [1.29, 1.82) is 5.26 Å². The Kier molecular flexibility index (Phi) is 4.09. The van der Waals surface area contributed by atoms with Crippen LogP contribution in [0.1, 0.15) is 19.8 Å². The molecule has 3 amide bonds. The lowest BCUT2D eigenvalue weighted by atomic mass is 9.87. The number of amides is 3. The smallest absolute Gasteiger partial charge is 0.323 e. The fraction of sp³-hybridized carbons (Fsp3) is 0.643. The standard InChI is InChI=1S/C14H20N4O2/c1-3-6-17-7-4-14(5-8-17)12(19)18(13(20)16-14)10-11(2)9-15/h3,11H,1,4-8,10H2,2H3,(H,16,20). The van der Waals surface area contributed by atoms with Crippen molar-refractivity contribution in [2.24, 2.45) is 5.92 Å². The number of likely N-dealkylation sites (tertiary alicyclic amines) is 1. The van der Waals surface area contributed by atoms with Gasteiger partial charge < -0.3 is 5.32 Å². The van der Waals surface area contributed by atoms with Crippen molar-refractivity contribution in [2.75, 3.05) is 26.2 Å². The maximum Gasteiger partial charge on any atom is 0.325 e. The Morgan fingerprint density at radius 2 is 2.15 bits per heavy atom. The molecule has 1 atom stereocenters. The summed E-state index contributed by atoms with van der Waals surface area (Å²) < 4.78 is 0. The van der Waals surface area contributed by atoms with Gasteiger partial charge in [-0.3, -0.25) is 14.6 Å². The molecule has 2 fully saturated rings. The molecule has 2 aliphatic heterocycles. The van der Waals surface area contributed by atoms with E-state index in [1.807, 2.05) is 6.08 Å². The first kappa shape index (κ1) is 14.5. The quantitative estimate of drug-likeness (QED) is 0.606. The molecule has 6 heteroatoms. The lowest BCUT2D eigenvalue weighted by Crippen LogP contribution is -2.55. The van der Waals surface area contributed by atoms with Crippen LogP contribution in [0.4, 0.5) is 4.79 Å². The summed E-state index contributed by atoms with van der Waals surface area (Å²) in [5.41, 5.74) is -0.760. The van der Waals surface area contributed by atoms with Crippen molar-refractivity contribution in [3.63, 3.8) is 0 Å². The third-order valence-electron chi connectivity index (χ3n) is 4.02. The highest BCUT2D eigenvalue weighted by Crippen LogP contribution is 2.29. The Balaban J connectivity index is 2.05. The van der Waals surface area contributed by atoms with E-state index in [4.69, 9.17) is 5.26 Å². The number of piperidine rings is 1. The van der Waals surface area contributed by atoms with Crippen molar-refractivity contribution in [2.45, 2.75) is 25.3 Å². The Morgan fingerprint density at radius 3 is 2.70 bits per heavy atom. The molecule has 2 saturated heterocycles. The molecule has 0 aliphatic carbocycles. The highest BCUT2D eigenvalue weighted by atomic mass is 16.2. The number of hydrogen-bond donors (Lipinski definition) is 1. The molecule has 6 nitrogen and oxygen atoms in total. The van der Waals surface area contributed by atoms with Crippen LogP contribution in [-0.2, 0) is 4.79 Å². The van der Waals surface area contributed by atoms with Gasteiger partial charge in [0.1, 0.15) is 5.54 Å². The molecule has 0 bridgehead atoms. The predicted molar refractivity (Wildman–Crippen MR) is 73.6 cm³/mol. The summed E-state index contributed by atoms with van der Waals surface area (Å²) in [5.74, 6) is -0.524. The van der Waals surface area contributed by atoms with E-state index in [9.17, 15) is 9.59 Å². The first-order valence-electron chi connectivity index (χ1n) is 6.89. The van der Waals surface area contributed by atoms with Gasteiger partial charge in [0.25, 0.3) is 5.91 Å². The summed E-state index contributed by atoms with van der Waals surface area (Å²) in [7, 11) is 0. The van der Waals surface area contributed by atoms with Gasteiger partial charge in [0.2, 0.25) is 0 Å². The number of imide groups is 1. The zero-order valence-corrected chi connectivity index (χ0v) is 11.8. The SMILES string of the molecule is C=CCN1CCC2(CC1)NC(=O)N(CC(C)C#N)C2=O. The van der Waals surface area contributed by atoms with Crippen LogP contribution >= 0.6 is 0 Å². The molecule has 1 spiro atoms. The summed E-state index contributed by atoms with van der Waals surface area (Å²) in [6, 6.07) is 1.69. The molecule has 2 aliphatic rings. The molecule has 0 aromatic carbocycles. The molecule has 1 N–H and O–H groups in total. The summed E-state index contributed by atoms with van der Waals surface area (Å²) in [6.45, 7) is 7.91. The zero-order valence-electron chi connectivity index (χ0n) is 11.8. The molecule has 0 saturated carbocycles. The van der Waals surface area contributed by atoms with Gasteiger partial charge in [-0.15, -0.1) is 6.58 Å². The number of nitriles is 1. The van der Waals surface area contributed by atoms with Crippen LogP contribution in [-0.4, -0.2) is 53.5 Å². The number of nitrogens with zero attached hydrogens (tertiary/aromatic N) is 3. The van der Waals surface area contributed by atoms with Crippen LogP contribution in [0.5, 0.6) is 0 Å². The largest absolute Gasteiger partial charge is 0.325 e. The van der Waals surface area contributed by atoms with E-state index in [2.05, 4.69) is 22.9 Å². The Bertz CT molecular complexity index is 460. The Morgan fingerprint density at radius 1 is 1.50 bits per heavy atom. The molecule has 0 radical (unpaired) electrons. The number of rotatable bonds is 4. The van der Waals surface area contributed by atoms with Gasteiger partial charge in [-0.05, 0) is 19.8 Å². The minimum absolute atomic E-state index is 0.166. The molecule has 0 aromatic rings. The summed E-state index contributed by atoms with van der Waals surface area (Å²) in [6.07, 6.45) is 3.07. The van der Waals surface area contributed by atoms with E-state index in [0.29, 0.717) is 12.8 Å². The summed E-state index contributed by atoms with van der Waals surface area (Å²) >= 11 is 0. The van der Waals surface area contributed by atoms with Crippen molar-refractivity contribution in [1.82, 2.24) is 15.1 Å². The first-order chi connectivity index (χ1) is 9.52. The van der Waals surface area contributed by atoms with Crippen molar-refractivity contribution in [3.05, 3.63) is 12.7 Å². The van der Waals surface area contributed by atoms with Crippen LogP contribution in [0, 0.1) is 17.2 Å². The average molecular weight is 276 g/mol. The zero-order chi connectivity index (χ0) is 14.8. The van der Waals surface area contributed by atoms with E-state index < -0.39 is 5.54 Å².